The molecule has 0 bridgehead atoms. The number of hydrogen-bond donors (Lipinski definition) is 3. The maximum absolute atomic E-state index is 13.1. The zero-order valence-electron chi connectivity index (χ0n) is 19.0. The van der Waals surface area contributed by atoms with E-state index in [-0.39, 0.29) is 9.77 Å². The lowest BCUT2D eigenvalue weighted by Gasteiger charge is -2.12. The van der Waals surface area contributed by atoms with E-state index >= 15 is 0 Å². The van der Waals surface area contributed by atoms with Gasteiger partial charge in [0.05, 0.1) is 5.56 Å². The minimum absolute atomic E-state index is 0.0591. The number of aryl methyl sites for hydroxylation is 2. The Kier molecular flexibility index (Phi) is 6.34. The summed E-state index contributed by atoms with van der Waals surface area (Å²) in [5, 5.41) is 16.0. The number of pyridine rings is 1. The summed E-state index contributed by atoms with van der Waals surface area (Å²) in [6, 6.07) is 14.2. The lowest BCUT2D eigenvalue weighted by atomic mass is 10.1. The van der Waals surface area contributed by atoms with Crippen LogP contribution in [0.15, 0.2) is 63.7 Å². The van der Waals surface area contributed by atoms with Gasteiger partial charge in [-0.1, -0.05) is 0 Å². The number of carbonyl (C=O) groups excluding carboxylic acids is 1. The molecule has 0 saturated heterocycles. The van der Waals surface area contributed by atoms with Crippen LogP contribution in [0.3, 0.4) is 0 Å². The largest absolute Gasteiger partial charge is 0.388 e. The van der Waals surface area contributed by atoms with Crippen molar-refractivity contribution in [3.05, 3.63) is 81.1 Å². The number of sulfonamides is 1. The minimum atomic E-state index is -4.00. The topological polar surface area (TPSA) is 133 Å². The summed E-state index contributed by atoms with van der Waals surface area (Å²) >= 11 is 1.09. The van der Waals surface area contributed by atoms with E-state index in [4.69, 9.17) is 0 Å². The fraction of sp³-hybridized carbons (Fsp3) is 0.125. The van der Waals surface area contributed by atoms with Crippen molar-refractivity contribution >= 4 is 49.5 Å². The van der Waals surface area contributed by atoms with E-state index in [0.29, 0.717) is 27.7 Å². The number of anilines is 2. The molecule has 4 aromatic rings. The zero-order chi connectivity index (χ0) is 25.3. The summed E-state index contributed by atoms with van der Waals surface area (Å²) < 4.78 is 28.3. The van der Waals surface area contributed by atoms with Crippen LogP contribution in [0, 0.1) is 25.2 Å². The highest BCUT2D eigenvalue weighted by Crippen LogP contribution is 2.25. The zero-order valence-corrected chi connectivity index (χ0v) is 20.7. The molecular weight excluding hydrogens is 486 g/mol. The average molecular weight is 508 g/mol. The first-order valence-electron chi connectivity index (χ1n) is 10.4. The molecule has 0 unspecified atom stereocenters. The normalized spacial score (nSPS) is 11.1. The van der Waals surface area contributed by atoms with Gasteiger partial charge in [-0.25, -0.2) is 17.9 Å². The van der Waals surface area contributed by atoms with Gasteiger partial charge in [0.25, 0.3) is 15.6 Å². The molecule has 0 saturated carbocycles. The molecule has 11 heteroatoms. The Morgan fingerprint density at radius 3 is 2.31 bits per heavy atom. The number of nitrogens with zero attached hydrogens (tertiary/aromatic N) is 2. The molecule has 178 valence electrons. The van der Waals surface area contributed by atoms with Crippen molar-refractivity contribution in [2.75, 3.05) is 17.7 Å². The summed E-state index contributed by atoms with van der Waals surface area (Å²) in [7, 11) is -2.24. The molecule has 2 aromatic carbocycles. The van der Waals surface area contributed by atoms with E-state index in [1.54, 1.807) is 51.2 Å². The van der Waals surface area contributed by atoms with Crippen LogP contribution in [-0.4, -0.2) is 26.1 Å². The SMILES string of the molecule is CNc1ccc2c(=O)n(-c3ccc(NC(=O)NS(=O)(=O)c4cc(C)c(C)s4)cc3)cc(C#N)c2c1. The lowest BCUT2D eigenvalue weighted by molar-refractivity contribution is 0.256. The summed E-state index contributed by atoms with van der Waals surface area (Å²) in [6.07, 6.45) is 1.47. The molecule has 0 radical (unpaired) electrons. The second kappa shape index (κ2) is 9.25. The Morgan fingerprint density at radius 1 is 1.03 bits per heavy atom. The highest BCUT2D eigenvalue weighted by molar-refractivity contribution is 7.92. The Bertz CT molecular complexity index is 1640. The first-order chi connectivity index (χ1) is 16.6. The van der Waals surface area contributed by atoms with E-state index in [2.05, 4.69) is 16.7 Å². The van der Waals surface area contributed by atoms with E-state index in [1.165, 1.54) is 29.0 Å². The molecule has 0 aliphatic rings. The first-order valence-corrected chi connectivity index (χ1v) is 12.7. The summed E-state index contributed by atoms with van der Waals surface area (Å²) in [4.78, 5) is 26.2. The quantitative estimate of drug-likeness (QED) is 0.373. The summed E-state index contributed by atoms with van der Waals surface area (Å²) in [5.74, 6) is 0. The molecule has 9 nitrogen and oxygen atoms in total. The monoisotopic (exact) mass is 507 g/mol. The predicted octanol–water partition coefficient (Wildman–Crippen LogP) is 4.09. The number of amides is 2. The maximum atomic E-state index is 13.1. The number of carbonyl (C=O) groups is 1. The molecular formula is C24H21N5O4S2. The van der Waals surface area contributed by atoms with Crippen LogP contribution in [-0.2, 0) is 10.0 Å². The Labute approximate surface area is 205 Å². The lowest BCUT2D eigenvalue weighted by Crippen LogP contribution is -2.33. The minimum Gasteiger partial charge on any atom is -0.388 e. The second-order valence-corrected chi connectivity index (χ2v) is 10.9. The number of thiophene rings is 1. The Morgan fingerprint density at radius 2 is 1.71 bits per heavy atom. The van der Waals surface area contributed by atoms with Crippen LogP contribution in [0.5, 0.6) is 0 Å². The number of nitriles is 1. The number of urea groups is 1. The molecule has 0 aliphatic heterocycles. The van der Waals surface area contributed by atoms with Gasteiger partial charge in [0, 0.05) is 46.0 Å². The van der Waals surface area contributed by atoms with Crippen LogP contribution in [0.1, 0.15) is 16.0 Å². The van der Waals surface area contributed by atoms with Crippen molar-refractivity contribution in [1.29, 1.82) is 5.26 Å². The summed E-state index contributed by atoms with van der Waals surface area (Å²) in [5.41, 5.74) is 2.46. The molecule has 0 fully saturated rings. The van der Waals surface area contributed by atoms with Gasteiger partial charge in [-0.2, -0.15) is 5.26 Å². The number of aromatic nitrogens is 1. The van der Waals surface area contributed by atoms with Gasteiger partial charge in [0.2, 0.25) is 0 Å². The Balaban J connectivity index is 1.57. The number of benzene rings is 2. The highest BCUT2D eigenvalue weighted by Gasteiger charge is 2.21. The van der Waals surface area contributed by atoms with Crippen LogP contribution in [0.4, 0.5) is 16.2 Å². The third kappa shape index (κ3) is 4.75. The number of fused-ring (bicyclic) bond motifs is 1. The van der Waals surface area contributed by atoms with Gasteiger partial charge < -0.3 is 10.6 Å². The van der Waals surface area contributed by atoms with Crippen molar-refractivity contribution in [3.8, 4) is 11.8 Å². The van der Waals surface area contributed by atoms with Crippen molar-refractivity contribution in [3.63, 3.8) is 0 Å². The maximum Gasteiger partial charge on any atom is 0.333 e. The molecule has 4 rings (SSSR count). The average Bonchev–Trinajstić information content (AvgIpc) is 3.18. The van der Waals surface area contributed by atoms with E-state index in [0.717, 1.165) is 27.5 Å². The molecule has 0 spiro atoms. The molecule has 0 atom stereocenters. The second-order valence-electron chi connectivity index (χ2n) is 7.75. The molecule has 3 N–H and O–H groups in total. The predicted molar refractivity (Wildman–Crippen MR) is 137 cm³/mol. The van der Waals surface area contributed by atoms with Crippen LogP contribution in [0.25, 0.3) is 16.5 Å². The van der Waals surface area contributed by atoms with Gasteiger partial charge in [0.15, 0.2) is 0 Å². The van der Waals surface area contributed by atoms with Gasteiger partial charge in [0.1, 0.15) is 10.3 Å². The van der Waals surface area contributed by atoms with Gasteiger partial charge in [-0.3, -0.25) is 9.36 Å². The third-order valence-electron chi connectivity index (χ3n) is 5.46. The fourth-order valence-electron chi connectivity index (χ4n) is 3.48. The van der Waals surface area contributed by atoms with E-state index in [9.17, 15) is 23.3 Å². The van der Waals surface area contributed by atoms with Crippen molar-refractivity contribution < 1.29 is 13.2 Å². The number of rotatable bonds is 5. The smallest absolute Gasteiger partial charge is 0.333 e. The molecule has 2 aromatic heterocycles. The fourth-order valence-corrected chi connectivity index (χ4v) is 5.91. The van der Waals surface area contributed by atoms with Crippen molar-refractivity contribution in [2.24, 2.45) is 0 Å². The van der Waals surface area contributed by atoms with Crippen molar-refractivity contribution in [1.82, 2.24) is 9.29 Å². The Hall–Kier alpha value is -4.14. The third-order valence-corrected chi connectivity index (χ3v) is 8.42. The summed E-state index contributed by atoms with van der Waals surface area (Å²) in [6.45, 7) is 3.60. The standard InChI is InChI=1S/C24H21N5O4S2/c1-14-10-22(34-15(14)2)35(32,33)28-24(31)27-17-4-7-19(8-5-17)29-13-16(12-25)21-11-18(26-3)6-9-20(21)23(29)30/h4-11,13,26H,1-3H3,(H2,27,28,31). The highest BCUT2D eigenvalue weighted by atomic mass is 32.2. The number of nitrogens with one attached hydrogen (secondary N) is 3. The molecule has 2 heterocycles. The van der Waals surface area contributed by atoms with Crippen LogP contribution in [0.2, 0.25) is 0 Å². The van der Waals surface area contributed by atoms with Crippen LogP contribution < -0.4 is 20.9 Å². The van der Waals surface area contributed by atoms with E-state index < -0.39 is 16.1 Å². The first kappa shape index (κ1) is 24.0. The van der Waals surface area contributed by atoms with Gasteiger partial charge >= 0.3 is 6.03 Å². The molecule has 2 amide bonds. The van der Waals surface area contributed by atoms with E-state index in [1.807, 2.05) is 4.72 Å². The molecule has 0 aliphatic carbocycles. The van der Waals surface area contributed by atoms with Crippen LogP contribution >= 0.6 is 11.3 Å². The number of hydrogen-bond acceptors (Lipinski definition) is 7. The van der Waals surface area contributed by atoms with Gasteiger partial charge in [-0.05, 0) is 67.9 Å². The van der Waals surface area contributed by atoms with Crippen molar-refractivity contribution in [2.45, 2.75) is 18.1 Å². The molecule has 35 heavy (non-hydrogen) atoms. The van der Waals surface area contributed by atoms with Gasteiger partial charge in [-0.15, -0.1) is 11.3 Å².